The zero-order chi connectivity index (χ0) is 21.5. The number of hydrogen-bond donors (Lipinski definition) is 3. The van der Waals surface area contributed by atoms with Gasteiger partial charge in [-0.2, -0.15) is 0 Å². The van der Waals surface area contributed by atoms with Gasteiger partial charge in [0, 0.05) is 38.0 Å². The predicted molar refractivity (Wildman–Crippen MR) is 123 cm³/mol. The van der Waals surface area contributed by atoms with Gasteiger partial charge in [-0.3, -0.25) is 14.8 Å². The lowest BCUT2D eigenvalue weighted by molar-refractivity contribution is -0.120. The molecule has 1 aliphatic rings. The molecule has 0 radical (unpaired) electrons. The van der Waals surface area contributed by atoms with Crippen LogP contribution in [0.3, 0.4) is 0 Å². The molecule has 1 amide bonds. The molecule has 0 aliphatic carbocycles. The number of carbonyl (C=O) groups excluding carboxylic acids is 1. The molecule has 4 rings (SSSR count). The molecule has 9 nitrogen and oxygen atoms in total. The van der Waals surface area contributed by atoms with Crippen molar-refractivity contribution in [1.29, 1.82) is 0 Å². The number of hydrogen-bond acceptors (Lipinski definition) is 6. The fourth-order valence-electron chi connectivity index (χ4n) is 3.67. The van der Waals surface area contributed by atoms with E-state index in [1.165, 1.54) is 0 Å². The highest BCUT2D eigenvalue weighted by atomic mass is 16.1. The molecule has 2 aromatic heterocycles. The Morgan fingerprint density at radius 3 is 3.03 bits per heavy atom. The third-order valence-electron chi connectivity index (χ3n) is 5.14. The van der Waals surface area contributed by atoms with E-state index in [4.69, 9.17) is 5.73 Å². The van der Waals surface area contributed by atoms with Crippen molar-refractivity contribution >= 4 is 40.5 Å². The lowest BCUT2D eigenvalue weighted by Crippen LogP contribution is -2.48. The number of amidine groups is 1. The lowest BCUT2D eigenvalue weighted by atomic mass is 10.1. The lowest BCUT2D eigenvalue weighted by Gasteiger charge is -2.34. The van der Waals surface area contributed by atoms with Crippen molar-refractivity contribution in [2.45, 2.75) is 25.3 Å². The summed E-state index contributed by atoms with van der Waals surface area (Å²) in [5.74, 6) is 1.14. The van der Waals surface area contributed by atoms with E-state index in [0.29, 0.717) is 18.8 Å². The van der Waals surface area contributed by atoms with Crippen molar-refractivity contribution < 1.29 is 4.79 Å². The summed E-state index contributed by atoms with van der Waals surface area (Å²) in [4.78, 5) is 34.9. The zero-order valence-electron chi connectivity index (χ0n) is 17.2. The highest BCUT2D eigenvalue weighted by Crippen LogP contribution is 2.24. The molecule has 3 heterocycles. The molecule has 9 heteroatoms. The Labute approximate surface area is 180 Å². The Bertz CT molecular complexity index is 1080. The molecule has 1 fully saturated rings. The maximum atomic E-state index is 12.4. The third kappa shape index (κ3) is 5.44. The molecule has 4 N–H and O–H groups in total. The van der Waals surface area contributed by atoms with Gasteiger partial charge in [0.1, 0.15) is 24.3 Å². The minimum Gasteiger partial charge on any atom is -0.387 e. The fourth-order valence-corrected chi connectivity index (χ4v) is 3.67. The molecule has 0 bridgehead atoms. The summed E-state index contributed by atoms with van der Waals surface area (Å²) in [7, 11) is 0. The number of carbonyl (C=O) groups is 1. The summed E-state index contributed by atoms with van der Waals surface area (Å²) < 4.78 is 0. The molecule has 1 saturated heterocycles. The van der Waals surface area contributed by atoms with Crippen LogP contribution in [0.2, 0.25) is 0 Å². The van der Waals surface area contributed by atoms with Crippen LogP contribution in [0.5, 0.6) is 0 Å². The summed E-state index contributed by atoms with van der Waals surface area (Å²) in [6.45, 7) is 1.61. The van der Waals surface area contributed by atoms with Crippen LogP contribution < -0.4 is 16.0 Å². The number of fused-ring (bicyclic) bond motifs is 1. The number of rotatable bonds is 7. The Balaban J connectivity index is 1.27. The molecular weight excluding hydrogens is 392 g/mol. The van der Waals surface area contributed by atoms with E-state index in [2.05, 4.69) is 35.2 Å². The topological polar surface area (TPSA) is 125 Å². The van der Waals surface area contributed by atoms with Gasteiger partial charge in [0.15, 0.2) is 0 Å². The largest absolute Gasteiger partial charge is 0.387 e. The number of aliphatic imine (C=N–C) groups is 2. The number of H-pyrrole nitrogens is 1. The van der Waals surface area contributed by atoms with Crippen molar-refractivity contribution in [3.63, 3.8) is 0 Å². The van der Waals surface area contributed by atoms with Crippen molar-refractivity contribution in [3.05, 3.63) is 48.9 Å². The minimum absolute atomic E-state index is 0.0110. The Hall–Kier alpha value is -3.75. The Kier molecular flexibility index (Phi) is 6.51. The molecule has 0 saturated carbocycles. The predicted octanol–water partition coefficient (Wildman–Crippen LogP) is 2.19. The van der Waals surface area contributed by atoms with Crippen LogP contribution in [0.25, 0.3) is 11.0 Å². The van der Waals surface area contributed by atoms with Crippen molar-refractivity contribution in [1.82, 2.24) is 20.3 Å². The SMILES string of the molecule is NC(CC=Nc1ccccc1)=NCC(=O)NC1CCCN(c2ncnc3[nH]ccc23)C1. The number of piperidine rings is 1. The molecule has 1 aromatic carbocycles. The number of aromatic amines is 1. The number of para-hydroxylation sites is 1. The van der Waals surface area contributed by atoms with Gasteiger partial charge < -0.3 is 20.9 Å². The summed E-state index contributed by atoms with van der Waals surface area (Å²) in [5, 5.41) is 4.06. The molecule has 3 aromatic rings. The van der Waals surface area contributed by atoms with E-state index >= 15 is 0 Å². The van der Waals surface area contributed by atoms with Gasteiger partial charge in [0.05, 0.1) is 16.9 Å². The highest BCUT2D eigenvalue weighted by molar-refractivity contribution is 5.94. The summed E-state index contributed by atoms with van der Waals surface area (Å²) in [6, 6.07) is 11.6. The van der Waals surface area contributed by atoms with Crippen molar-refractivity contribution in [3.8, 4) is 0 Å². The zero-order valence-corrected chi connectivity index (χ0v) is 17.2. The second kappa shape index (κ2) is 9.84. The molecule has 1 atom stereocenters. The van der Waals surface area contributed by atoms with E-state index in [0.717, 1.165) is 41.9 Å². The molecular formula is C22H26N8O. The van der Waals surface area contributed by atoms with E-state index < -0.39 is 0 Å². The summed E-state index contributed by atoms with van der Waals surface area (Å²) in [5.41, 5.74) is 7.59. The molecule has 0 spiro atoms. The Morgan fingerprint density at radius 2 is 2.16 bits per heavy atom. The van der Waals surface area contributed by atoms with Crippen LogP contribution >= 0.6 is 0 Å². The van der Waals surface area contributed by atoms with Gasteiger partial charge in [-0.25, -0.2) is 9.97 Å². The second-order valence-electron chi connectivity index (χ2n) is 7.45. The fraction of sp³-hybridized carbons (Fsp3) is 0.318. The van der Waals surface area contributed by atoms with Gasteiger partial charge in [-0.05, 0) is 31.0 Å². The van der Waals surface area contributed by atoms with Gasteiger partial charge in [0.2, 0.25) is 5.91 Å². The maximum Gasteiger partial charge on any atom is 0.242 e. The van der Waals surface area contributed by atoms with Gasteiger partial charge >= 0.3 is 0 Å². The number of anilines is 1. The number of nitrogens with one attached hydrogen (secondary N) is 2. The van der Waals surface area contributed by atoms with Crippen LogP contribution in [0.4, 0.5) is 11.5 Å². The Morgan fingerprint density at radius 1 is 1.29 bits per heavy atom. The van der Waals surface area contributed by atoms with Crippen molar-refractivity contribution in [2.24, 2.45) is 15.7 Å². The first-order valence-electron chi connectivity index (χ1n) is 10.4. The quantitative estimate of drug-likeness (QED) is 0.401. The maximum absolute atomic E-state index is 12.4. The number of nitrogens with zero attached hydrogens (tertiary/aromatic N) is 5. The monoisotopic (exact) mass is 418 g/mol. The molecule has 1 aliphatic heterocycles. The second-order valence-corrected chi connectivity index (χ2v) is 7.45. The molecule has 160 valence electrons. The number of amides is 1. The number of nitrogens with two attached hydrogens (primary N) is 1. The average molecular weight is 419 g/mol. The van der Waals surface area contributed by atoms with Crippen LogP contribution in [0, 0.1) is 0 Å². The van der Waals surface area contributed by atoms with Crippen LogP contribution in [-0.4, -0.2) is 58.6 Å². The molecule has 31 heavy (non-hydrogen) atoms. The first kappa shape index (κ1) is 20.5. The first-order valence-corrected chi connectivity index (χ1v) is 10.4. The number of aromatic nitrogens is 3. The van der Waals surface area contributed by atoms with Crippen LogP contribution in [-0.2, 0) is 4.79 Å². The van der Waals surface area contributed by atoms with Crippen LogP contribution in [0.1, 0.15) is 19.3 Å². The van der Waals surface area contributed by atoms with E-state index in [-0.39, 0.29) is 18.5 Å². The van der Waals surface area contributed by atoms with E-state index in [9.17, 15) is 4.79 Å². The van der Waals surface area contributed by atoms with Gasteiger partial charge in [-0.15, -0.1) is 0 Å². The van der Waals surface area contributed by atoms with E-state index in [1.807, 2.05) is 42.6 Å². The smallest absolute Gasteiger partial charge is 0.242 e. The van der Waals surface area contributed by atoms with Gasteiger partial charge in [0.25, 0.3) is 0 Å². The minimum atomic E-state index is -0.135. The number of benzene rings is 1. The summed E-state index contributed by atoms with van der Waals surface area (Å²) in [6.07, 6.45) is 7.43. The average Bonchev–Trinajstić information content (AvgIpc) is 3.28. The normalized spacial score (nSPS) is 17.4. The van der Waals surface area contributed by atoms with Crippen molar-refractivity contribution in [2.75, 3.05) is 24.5 Å². The standard InChI is InChI=1S/C22H26N8O/c23-19(9-11-24-16-5-2-1-3-6-16)26-13-20(31)29-17-7-4-12-30(14-17)22-18-8-10-25-21(18)27-15-28-22/h1-3,5-6,8,10-11,15,17H,4,7,9,12-14H2,(H2,23,26)(H,29,31)(H,25,27,28). The third-order valence-corrected chi connectivity index (χ3v) is 5.14. The molecule has 1 unspecified atom stereocenters. The summed E-state index contributed by atoms with van der Waals surface area (Å²) >= 11 is 0. The van der Waals surface area contributed by atoms with Crippen LogP contribution in [0.15, 0.2) is 58.9 Å². The first-order chi connectivity index (χ1) is 15.2. The highest BCUT2D eigenvalue weighted by Gasteiger charge is 2.23. The van der Waals surface area contributed by atoms with Gasteiger partial charge in [-0.1, -0.05) is 18.2 Å². The van der Waals surface area contributed by atoms with E-state index in [1.54, 1.807) is 12.5 Å².